The number of amides is 1. The van der Waals surface area contributed by atoms with Crippen LogP contribution in [0.25, 0.3) is 0 Å². The topological polar surface area (TPSA) is 140 Å². The SMILES string of the molecule is Cc1noc(C)c1S(=O)(=O)N1CCC(C(=O)NCC(O)COc2ccc3c(c2)OCO3)CC1. The molecule has 1 aromatic carbocycles. The summed E-state index contributed by atoms with van der Waals surface area (Å²) in [7, 11) is -3.72. The Hall–Kier alpha value is -2.83. The highest BCUT2D eigenvalue weighted by Crippen LogP contribution is 2.35. The zero-order valence-corrected chi connectivity index (χ0v) is 19.3. The number of hydrogen-bond donors (Lipinski definition) is 2. The maximum Gasteiger partial charge on any atom is 0.248 e. The Kier molecular flexibility index (Phi) is 6.77. The van der Waals surface area contributed by atoms with Crippen molar-refractivity contribution >= 4 is 15.9 Å². The fourth-order valence-corrected chi connectivity index (χ4v) is 5.67. The summed E-state index contributed by atoms with van der Waals surface area (Å²) < 4.78 is 48.2. The van der Waals surface area contributed by atoms with Gasteiger partial charge in [-0.1, -0.05) is 5.16 Å². The van der Waals surface area contributed by atoms with Gasteiger partial charge >= 0.3 is 0 Å². The molecular weight excluding hydrogens is 454 g/mol. The molecule has 1 aromatic heterocycles. The monoisotopic (exact) mass is 481 g/mol. The molecule has 1 saturated heterocycles. The van der Waals surface area contributed by atoms with Gasteiger partial charge in [-0.25, -0.2) is 8.42 Å². The number of carbonyl (C=O) groups excluding carboxylic acids is 1. The number of aliphatic hydroxyl groups excluding tert-OH is 1. The van der Waals surface area contributed by atoms with Gasteiger partial charge < -0.3 is 29.2 Å². The molecule has 2 aliphatic rings. The Labute approximate surface area is 191 Å². The van der Waals surface area contributed by atoms with Gasteiger partial charge in [-0.3, -0.25) is 4.79 Å². The fraction of sp³-hybridized carbons (Fsp3) is 0.524. The summed E-state index contributed by atoms with van der Waals surface area (Å²) in [6.45, 7) is 3.79. The summed E-state index contributed by atoms with van der Waals surface area (Å²) >= 11 is 0. The van der Waals surface area contributed by atoms with Crippen LogP contribution in [0.2, 0.25) is 0 Å². The number of benzene rings is 1. The van der Waals surface area contributed by atoms with E-state index < -0.39 is 16.1 Å². The first kappa shape index (κ1) is 23.3. The molecule has 1 amide bonds. The number of rotatable bonds is 8. The third-order valence-electron chi connectivity index (χ3n) is 5.69. The lowest BCUT2D eigenvalue weighted by atomic mass is 9.97. The van der Waals surface area contributed by atoms with Gasteiger partial charge in [0.25, 0.3) is 0 Å². The maximum atomic E-state index is 12.9. The first-order valence-electron chi connectivity index (χ1n) is 10.7. The molecule has 0 aliphatic carbocycles. The summed E-state index contributed by atoms with van der Waals surface area (Å²) in [5, 5.41) is 16.6. The van der Waals surface area contributed by atoms with Gasteiger partial charge in [0.15, 0.2) is 17.3 Å². The summed E-state index contributed by atoms with van der Waals surface area (Å²) in [5.41, 5.74) is 0.323. The number of nitrogens with zero attached hydrogens (tertiary/aromatic N) is 2. The Bertz CT molecular complexity index is 1090. The van der Waals surface area contributed by atoms with Gasteiger partial charge in [-0.2, -0.15) is 4.31 Å². The molecule has 0 bridgehead atoms. The highest BCUT2D eigenvalue weighted by atomic mass is 32.2. The lowest BCUT2D eigenvalue weighted by molar-refractivity contribution is -0.126. The summed E-state index contributed by atoms with van der Waals surface area (Å²) in [6.07, 6.45) is -0.129. The molecule has 12 heteroatoms. The molecule has 11 nitrogen and oxygen atoms in total. The molecule has 0 saturated carbocycles. The van der Waals surface area contributed by atoms with Crippen molar-refractivity contribution in [2.24, 2.45) is 5.92 Å². The van der Waals surface area contributed by atoms with Crippen molar-refractivity contribution in [3.05, 3.63) is 29.7 Å². The predicted molar refractivity (Wildman–Crippen MR) is 115 cm³/mol. The van der Waals surface area contributed by atoms with Crippen molar-refractivity contribution in [3.8, 4) is 17.2 Å². The second kappa shape index (κ2) is 9.57. The minimum absolute atomic E-state index is 0.00590. The van der Waals surface area contributed by atoms with E-state index in [0.29, 0.717) is 35.8 Å². The van der Waals surface area contributed by atoms with Gasteiger partial charge in [0.1, 0.15) is 29.0 Å². The van der Waals surface area contributed by atoms with Crippen molar-refractivity contribution in [1.82, 2.24) is 14.8 Å². The number of nitrogens with one attached hydrogen (secondary N) is 1. The van der Waals surface area contributed by atoms with Crippen molar-refractivity contribution in [1.29, 1.82) is 0 Å². The van der Waals surface area contributed by atoms with Gasteiger partial charge in [0.2, 0.25) is 22.7 Å². The number of aryl methyl sites for hydroxylation is 2. The molecule has 2 aliphatic heterocycles. The predicted octanol–water partition coefficient (Wildman–Crippen LogP) is 0.977. The van der Waals surface area contributed by atoms with Crippen molar-refractivity contribution in [2.45, 2.75) is 37.7 Å². The normalized spacial score (nSPS) is 17.7. The molecule has 1 unspecified atom stereocenters. The summed E-state index contributed by atoms with van der Waals surface area (Å²) in [5.74, 6) is 1.45. The first-order chi connectivity index (χ1) is 15.8. The van der Waals surface area contributed by atoms with Crippen LogP contribution in [-0.4, -0.2) is 68.0 Å². The second-order valence-electron chi connectivity index (χ2n) is 8.06. The van der Waals surface area contributed by atoms with E-state index in [9.17, 15) is 18.3 Å². The molecule has 0 radical (unpaired) electrons. The van der Waals surface area contributed by atoms with Gasteiger partial charge in [0, 0.05) is 31.6 Å². The average Bonchev–Trinajstić information content (AvgIpc) is 3.41. The van der Waals surface area contributed by atoms with Crippen LogP contribution < -0.4 is 19.5 Å². The Morgan fingerprint density at radius 2 is 2.00 bits per heavy atom. The third kappa shape index (κ3) is 5.07. The number of sulfonamides is 1. The van der Waals surface area contributed by atoms with Gasteiger partial charge in [-0.15, -0.1) is 0 Å². The Morgan fingerprint density at radius 1 is 1.27 bits per heavy atom. The number of hydrogen-bond acceptors (Lipinski definition) is 9. The minimum atomic E-state index is -3.72. The molecule has 180 valence electrons. The van der Waals surface area contributed by atoms with E-state index in [2.05, 4.69) is 10.5 Å². The molecule has 2 N–H and O–H groups in total. The fourth-order valence-electron chi connectivity index (χ4n) is 3.91. The lowest BCUT2D eigenvalue weighted by Gasteiger charge is -2.30. The maximum absolute atomic E-state index is 12.9. The van der Waals surface area contributed by atoms with Crippen LogP contribution in [0.15, 0.2) is 27.6 Å². The molecule has 1 fully saturated rings. The van der Waals surface area contributed by atoms with Gasteiger partial charge in [0.05, 0.1) is 0 Å². The smallest absolute Gasteiger partial charge is 0.248 e. The minimum Gasteiger partial charge on any atom is -0.491 e. The van der Waals surface area contributed by atoms with Crippen LogP contribution in [0.3, 0.4) is 0 Å². The molecule has 3 heterocycles. The second-order valence-corrected chi connectivity index (χ2v) is 9.93. The Morgan fingerprint density at radius 3 is 2.70 bits per heavy atom. The van der Waals surface area contributed by atoms with E-state index in [-0.39, 0.29) is 55.5 Å². The van der Waals surface area contributed by atoms with Crippen molar-refractivity contribution < 1.29 is 37.1 Å². The zero-order chi connectivity index (χ0) is 23.6. The van der Waals surface area contributed by atoms with Crippen LogP contribution >= 0.6 is 0 Å². The van der Waals surface area contributed by atoms with E-state index >= 15 is 0 Å². The van der Waals surface area contributed by atoms with E-state index in [1.54, 1.807) is 32.0 Å². The molecule has 33 heavy (non-hydrogen) atoms. The molecule has 4 rings (SSSR count). The van der Waals surface area contributed by atoms with Crippen LogP contribution in [-0.2, 0) is 14.8 Å². The first-order valence-corrected chi connectivity index (χ1v) is 12.1. The number of piperidine rings is 1. The quantitative estimate of drug-likeness (QED) is 0.564. The van der Waals surface area contributed by atoms with E-state index in [1.165, 1.54) is 4.31 Å². The highest BCUT2D eigenvalue weighted by molar-refractivity contribution is 7.89. The van der Waals surface area contributed by atoms with Crippen molar-refractivity contribution in [3.63, 3.8) is 0 Å². The largest absolute Gasteiger partial charge is 0.491 e. The van der Waals surface area contributed by atoms with E-state index in [4.69, 9.17) is 18.7 Å². The highest BCUT2D eigenvalue weighted by Gasteiger charge is 2.35. The van der Waals surface area contributed by atoms with Crippen molar-refractivity contribution in [2.75, 3.05) is 33.0 Å². The number of fused-ring (bicyclic) bond motifs is 1. The molecular formula is C21H27N3O8S. The summed E-state index contributed by atoms with van der Waals surface area (Å²) in [6, 6.07) is 5.12. The zero-order valence-electron chi connectivity index (χ0n) is 18.4. The average molecular weight is 482 g/mol. The molecule has 0 spiro atoms. The number of aliphatic hydroxyl groups is 1. The van der Waals surface area contributed by atoms with E-state index in [0.717, 1.165) is 0 Å². The third-order valence-corrected chi connectivity index (χ3v) is 7.83. The lowest BCUT2D eigenvalue weighted by Crippen LogP contribution is -2.44. The standard InChI is InChI=1S/C21H27N3O8S/c1-13-20(14(2)32-23-13)33(27,28)24-7-5-15(6-8-24)21(26)22-10-16(25)11-29-17-3-4-18-19(9-17)31-12-30-18/h3-4,9,15-16,25H,5-8,10-12H2,1-2H3,(H,22,26). The Balaban J connectivity index is 1.21. The number of ether oxygens (including phenoxy) is 3. The number of carbonyl (C=O) groups is 1. The van der Waals surface area contributed by atoms with Gasteiger partial charge in [-0.05, 0) is 38.8 Å². The number of aromatic nitrogens is 1. The van der Waals surface area contributed by atoms with Crippen LogP contribution in [0, 0.1) is 19.8 Å². The molecule has 2 aromatic rings. The molecule has 1 atom stereocenters. The van der Waals surface area contributed by atoms with Crippen LogP contribution in [0.1, 0.15) is 24.3 Å². The van der Waals surface area contributed by atoms with Crippen LogP contribution in [0.4, 0.5) is 0 Å². The summed E-state index contributed by atoms with van der Waals surface area (Å²) in [4.78, 5) is 12.6. The van der Waals surface area contributed by atoms with Crippen LogP contribution in [0.5, 0.6) is 17.2 Å². The van der Waals surface area contributed by atoms with E-state index in [1.807, 2.05) is 0 Å².